The molecule has 0 radical (unpaired) electrons. The fraction of sp³-hybridized carbons (Fsp3) is 0.750. The molecule has 0 atom stereocenters. The molecule has 50 valence electrons. The second-order valence-corrected chi connectivity index (χ2v) is 1.92. The molecule has 0 amide bonds. The van der Waals surface area contributed by atoms with Crippen molar-refractivity contribution >= 4 is 17.0 Å². The highest BCUT2D eigenvalue weighted by molar-refractivity contribution is 6.60. The maximum atomic E-state index is 8.77. The van der Waals surface area contributed by atoms with Gasteiger partial charge in [-0.1, -0.05) is 0 Å². The van der Waals surface area contributed by atoms with E-state index in [2.05, 4.69) is 11.6 Å². The van der Waals surface area contributed by atoms with Crippen molar-refractivity contribution in [2.75, 3.05) is 21.1 Å². The number of hydrogen-bond donors (Lipinski definition) is 1. The minimum atomic E-state index is -1.36. The van der Waals surface area contributed by atoms with Crippen LogP contribution in [0.2, 0.25) is 0 Å². The maximum absolute atomic E-state index is 8.77. The summed E-state index contributed by atoms with van der Waals surface area (Å²) in [5, 5.41) is 7.18. The molecule has 0 aromatic carbocycles. The lowest BCUT2D eigenvalue weighted by Crippen LogP contribution is -1.99. The summed E-state index contributed by atoms with van der Waals surface area (Å²) >= 11 is 4.19. The van der Waals surface area contributed by atoms with Gasteiger partial charge in [0.1, 0.15) is 0 Å². The molecule has 0 aliphatic rings. The van der Waals surface area contributed by atoms with Crippen LogP contribution in [-0.4, -0.2) is 36.6 Å². The highest BCUT2D eigenvalue weighted by Gasteiger charge is 1.71. The highest BCUT2D eigenvalue weighted by Crippen LogP contribution is 1.67. The number of halogens is 1. The molecule has 0 saturated carbocycles. The van der Waals surface area contributed by atoms with Gasteiger partial charge in [-0.15, -0.1) is 0 Å². The van der Waals surface area contributed by atoms with Crippen molar-refractivity contribution in [1.82, 2.24) is 4.90 Å². The van der Waals surface area contributed by atoms with Gasteiger partial charge in [0, 0.05) is 11.6 Å². The molecule has 4 heteroatoms. The van der Waals surface area contributed by atoms with E-state index in [9.17, 15) is 0 Å². The van der Waals surface area contributed by atoms with E-state index in [0.717, 1.165) is 0 Å². The summed E-state index contributed by atoms with van der Waals surface area (Å²) in [6.07, 6.45) is 0. The number of rotatable bonds is 0. The summed E-state index contributed by atoms with van der Waals surface area (Å²) in [5.74, 6) is 0. The van der Waals surface area contributed by atoms with Crippen LogP contribution in [0, 0.1) is 0 Å². The first-order valence-electron chi connectivity index (χ1n) is 1.96. The largest absolute Gasteiger partial charge is 0.469 e. The van der Waals surface area contributed by atoms with E-state index in [1.807, 2.05) is 26.0 Å². The molecule has 0 saturated heterocycles. The Kier molecular flexibility index (Phi) is 8.95. The smallest absolute Gasteiger partial charge is 0.401 e. The number of hydrogen-bond acceptors (Lipinski definition) is 2. The summed E-state index contributed by atoms with van der Waals surface area (Å²) in [4.78, 5) is 10.8. The lowest BCUT2D eigenvalue weighted by Gasteiger charge is -1.90. The first-order valence-corrected chi connectivity index (χ1v) is 2.34. The molecule has 0 aromatic rings. The third kappa shape index (κ3) is 1630. The third-order valence-corrected chi connectivity index (χ3v) is 0. The summed E-state index contributed by atoms with van der Waals surface area (Å²) in [5.41, 5.74) is -1.36. The first-order chi connectivity index (χ1) is 3.46. The molecule has 0 unspecified atom stereocenters. The first kappa shape index (κ1) is 10.7. The Morgan fingerprint density at radius 1 is 1.50 bits per heavy atom. The van der Waals surface area contributed by atoms with Crippen LogP contribution in [0.5, 0.6) is 0 Å². The SMILES string of the molecule is CN(C)C.O=C(O)Cl. The monoisotopic (exact) mass is 139 g/mol. The summed E-state index contributed by atoms with van der Waals surface area (Å²) in [6, 6.07) is 0. The lowest BCUT2D eigenvalue weighted by atomic mass is 11.0. The Morgan fingerprint density at radius 3 is 1.50 bits per heavy atom. The van der Waals surface area contributed by atoms with Crippen molar-refractivity contribution < 1.29 is 9.90 Å². The molecule has 0 aliphatic carbocycles. The van der Waals surface area contributed by atoms with Crippen LogP contribution in [0.3, 0.4) is 0 Å². The molecular formula is C4H10ClNO2. The van der Waals surface area contributed by atoms with Gasteiger partial charge in [-0.2, -0.15) is 0 Å². The van der Waals surface area contributed by atoms with E-state index in [-0.39, 0.29) is 0 Å². The zero-order chi connectivity index (χ0) is 7.15. The molecule has 0 heterocycles. The number of carboxylic acid groups (broad SMARTS) is 1. The van der Waals surface area contributed by atoms with Gasteiger partial charge in [-0.05, 0) is 21.1 Å². The van der Waals surface area contributed by atoms with Crippen LogP contribution in [0.1, 0.15) is 0 Å². The molecule has 0 bridgehead atoms. The van der Waals surface area contributed by atoms with Gasteiger partial charge in [0.2, 0.25) is 0 Å². The summed E-state index contributed by atoms with van der Waals surface area (Å²) in [7, 11) is 6.00. The molecule has 8 heavy (non-hydrogen) atoms. The predicted octanol–water partition coefficient (Wildman–Crippen LogP) is 1.08. The zero-order valence-corrected chi connectivity index (χ0v) is 5.94. The Morgan fingerprint density at radius 2 is 1.50 bits per heavy atom. The van der Waals surface area contributed by atoms with Gasteiger partial charge in [0.15, 0.2) is 0 Å². The molecule has 3 nitrogen and oxygen atoms in total. The van der Waals surface area contributed by atoms with Crippen molar-refractivity contribution in [3.8, 4) is 0 Å². The van der Waals surface area contributed by atoms with Crippen molar-refractivity contribution in [2.45, 2.75) is 0 Å². The average Bonchev–Trinajstić information content (AvgIpc) is 1.25. The predicted molar refractivity (Wildman–Crippen MR) is 33.5 cm³/mol. The van der Waals surface area contributed by atoms with Crippen LogP contribution in [0.25, 0.3) is 0 Å². The van der Waals surface area contributed by atoms with E-state index in [1.54, 1.807) is 0 Å². The van der Waals surface area contributed by atoms with Crippen LogP contribution in [0.15, 0.2) is 0 Å². The highest BCUT2D eigenvalue weighted by atomic mass is 35.5. The molecular weight excluding hydrogens is 130 g/mol. The van der Waals surface area contributed by atoms with Gasteiger partial charge in [-0.3, -0.25) is 0 Å². The number of nitrogens with zero attached hydrogens (tertiary/aromatic N) is 1. The van der Waals surface area contributed by atoms with E-state index >= 15 is 0 Å². The van der Waals surface area contributed by atoms with Gasteiger partial charge < -0.3 is 10.0 Å². The molecule has 0 aliphatic heterocycles. The van der Waals surface area contributed by atoms with E-state index in [1.165, 1.54) is 0 Å². The lowest BCUT2D eigenvalue weighted by molar-refractivity contribution is 0.220. The van der Waals surface area contributed by atoms with Crippen LogP contribution in [-0.2, 0) is 0 Å². The molecule has 0 fully saturated rings. The summed E-state index contributed by atoms with van der Waals surface area (Å²) in [6.45, 7) is 0. The van der Waals surface area contributed by atoms with Crippen molar-refractivity contribution in [1.29, 1.82) is 0 Å². The van der Waals surface area contributed by atoms with Crippen molar-refractivity contribution in [3.05, 3.63) is 0 Å². The van der Waals surface area contributed by atoms with Gasteiger partial charge >= 0.3 is 5.43 Å². The minimum Gasteiger partial charge on any atom is -0.469 e. The molecule has 0 rings (SSSR count). The van der Waals surface area contributed by atoms with Gasteiger partial charge in [-0.25, -0.2) is 4.79 Å². The Hall–Kier alpha value is -0.280. The normalized spacial score (nSPS) is 7.62. The van der Waals surface area contributed by atoms with Crippen LogP contribution < -0.4 is 0 Å². The zero-order valence-electron chi connectivity index (χ0n) is 5.18. The van der Waals surface area contributed by atoms with Crippen molar-refractivity contribution in [2.24, 2.45) is 0 Å². The topological polar surface area (TPSA) is 40.5 Å². The maximum Gasteiger partial charge on any atom is 0.401 e. The fourth-order valence-corrected chi connectivity index (χ4v) is 0. The second-order valence-electron chi connectivity index (χ2n) is 1.59. The third-order valence-electron chi connectivity index (χ3n) is 0. The molecule has 1 N–H and O–H groups in total. The van der Waals surface area contributed by atoms with Gasteiger partial charge in [0.05, 0.1) is 0 Å². The van der Waals surface area contributed by atoms with Gasteiger partial charge in [0.25, 0.3) is 0 Å². The fourth-order valence-electron chi connectivity index (χ4n) is 0. The molecule has 0 aromatic heterocycles. The second kappa shape index (κ2) is 6.72. The quantitative estimate of drug-likeness (QED) is 0.511. The molecule has 0 spiro atoms. The van der Waals surface area contributed by atoms with Crippen molar-refractivity contribution in [3.63, 3.8) is 0 Å². The summed E-state index contributed by atoms with van der Waals surface area (Å²) < 4.78 is 0. The Balaban J connectivity index is 0. The Labute approximate surface area is 53.9 Å². The Bertz CT molecular complexity index is 58.3. The average molecular weight is 140 g/mol. The number of carbonyl (C=O) groups is 1. The van der Waals surface area contributed by atoms with Crippen LogP contribution >= 0.6 is 11.6 Å². The van der Waals surface area contributed by atoms with E-state index in [4.69, 9.17) is 9.90 Å². The van der Waals surface area contributed by atoms with Crippen LogP contribution in [0.4, 0.5) is 4.79 Å². The standard InChI is InChI=1S/C3H9N.CHClO2/c1-4(2)3;2-1(3)4/h1-3H3;(H,3,4). The van der Waals surface area contributed by atoms with E-state index < -0.39 is 5.43 Å². The minimum absolute atomic E-state index is 1.36. The van der Waals surface area contributed by atoms with E-state index in [0.29, 0.717) is 0 Å².